The average molecular weight is 403 g/mol. The van der Waals surface area contributed by atoms with Gasteiger partial charge in [-0.3, -0.25) is 14.5 Å². The number of aromatic amines is 1. The van der Waals surface area contributed by atoms with Gasteiger partial charge in [-0.2, -0.15) is 5.10 Å². The zero-order chi connectivity index (χ0) is 17.1. The summed E-state index contributed by atoms with van der Waals surface area (Å²) in [7, 11) is 0. The minimum atomic E-state index is -0.144. The van der Waals surface area contributed by atoms with Gasteiger partial charge in [-0.25, -0.2) is 0 Å². The van der Waals surface area contributed by atoms with Crippen LogP contribution in [0.15, 0.2) is 53.0 Å². The number of hydrogen-bond donors (Lipinski definition) is 2. The second-order valence-electron chi connectivity index (χ2n) is 5.31. The van der Waals surface area contributed by atoms with Crippen molar-refractivity contribution in [2.24, 2.45) is 0 Å². The van der Waals surface area contributed by atoms with E-state index in [-0.39, 0.29) is 12.5 Å². The first kappa shape index (κ1) is 16.6. The summed E-state index contributed by atoms with van der Waals surface area (Å²) in [5.41, 5.74) is 2.55. The smallest absolute Gasteiger partial charge is 0.251 e. The van der Waals surface area contributed by atoms with Gasteiger partial charge in [0.2, 0.25) is 0 Å². The van der Waals surface area contributed by atoms with Crippen LogP contribution >= 0.6 is 28.1 Å². The van der Waals surface area contributed by atoms with Gasteiger partial charge in [-0.15, -0.1) is 0 Å². The minimum Gasteiger partial charge on any atom is -0.345 e. The Labute approximate surface area is 152 Å². The third kappa shape index (κ3) is 3.63. The third-order valence-corrected chi connectivity index (χ3v) is 4.32. The molecule has 2 aromatic carbocycles. The van der Waals surface area contributed by atoms with Crippen LogP contribution < -0.4 is 5.32 Å². The fourth-order valence-corrected chi connectivity index (χ4v) is 2.87. The van der Waals surface area contributed by atoms with E-state index in [0.717, 1.165) is 15.7 Å². The van der Waals surface area contributed by atoms with Crippen molar-refractivity contribution in [3.63, 3.8) is 0 Å². The lowest BCUT2D eigenvalue weighted by atomic mass is 10.1. The molecule has 3 aromatic rings. The topological polar surface area (TPSA) is 62.7 Å². The summed E-state index contributed by atoms with van der Waals surface area (Å²) in [5, 5.41) is 9.87. The Morgan fingerprint density at radius 2 is 2.04 bits per heavy atom. The molecule has 122 valence electrons. The fraction of sp³-hybridized carbons (Fsp3) is 0.118. The summed E-state index contributed by atoms with van der Waals surface area (Å²) in [6.45, 7) is 2.23. The molecule has 3 rings (SSSR count). The maximum absolute atomic E-state index is 12.3. The SMILES string of the molecule is Cc1cccc(C(=O)NCc2n[nH]c(=S)n2-c2ccc(Br)cc2)c1. The fourth-order valence-electron chi connectivity index (χ4n) is 2.35. The predicted molar refractivity (Wildman–Crippen MR) is 98.8 cm³/mol. The molecule has 7 heteroatoms. The van der Waals surface area contributed by atoms with Crippen LogP contribution in [0.1, 0.15) is 21.7 Å². The molecule has 0 aliphatic carbocycles. The Hall–Kier alpha value is -2.25. The molecule has 0 atom stereocenters. The summed E-state index contributed by atoms with van der Waals surface area (Å²) in [4.78, 5) is 12.3. The molecule has 1 heterocycles. The van der Waals surface area contributed by atoms with E-state index in [0.29, 0.717) is 16.2 Å². The minimum absolute atomic E-state index is 0.144. The van der Waals surface area contributed by atoms with E-state index < -0.39 is 0 Å². The number of benzene rings is 2. The highest BCUT2D eigenvalue weighted by Gasteiger charge is 2.11. The van der Waals surface area contributed by atoms with E-state index in [1.807, 2.05) is 49.4 Å². The number of nitrogens with one attached hydrogen (secondary N) is 2. The van der Waals surface area contributed by atoms with Crippen molar-refractivity contribution in [1.29, 1.82) is 0 Å². The average Bonchev–Trinajstić information content (AvgIpc) is 2.94. The molecule has 0 radical (unpaired) electrons. The number of rotatable bonds is 4. The highest BCUT2D eigenvalue weighted by Crippen LogP contribution is 2.16. The van der Waals surface area contributed by atoms with Crippen LogP contribution in [0.2, 0.25) is 0 Å². The summed E-state index contributed by atoms with van der Waals surface area (Å²) in [6.07, 6.45) is 0. The third-order valence-electron chi connectivity index (χ3n) is 3.51. The van der Waals surface area contributed by atoms with Crippen molar-refractivity contribution in [2.45, 2.75) is 13.5 Å². The van der Waals surface area contributed by atoms with E-state index in [9.17, 15) is 4.79 Å². The van der Waals surface area contributed by atoms with Crippen molar-refractivity contribution in [3.8, 4) is 5.69 Å². The van der Waals surface area contributed by atoms with Crippen molar-refractivity contribution in [2.75, 3.05) is 0 Å². The van der Waals surface area contributed by atoms with E-state index in [1.165, 1.54) is 0 Å². The van der Waals surface area contributed by atoms with Gasteiger partial charge in [-0.1, -0.05) is 33.6 Å². The van der Waals surface area contributed by atoms with Crippen molar-refractivity contribution < 1.29 is 4.79 Å². The van der Waals surface area contributed by atoms with Gasteiger partial charge in [0, 0.05) is 15.7 Å². The number of aromatic nitrogens is 3. The highest BCUT2D eigenvalue weighted by molar-refractivity contribution is 9.10. The first-order valence-electron chi connectivity index (χ1n) is 7.32. The summed E-state index contributed by atoms with van der Waals surface area (Å²) in [6, 6.07) is 15.2. The van der Waals surface area contributed by atoms with Crippen LogP contribution in [0.5, 0.6) is 0 Å². The largest absolute Gasteiger partial charge is 0.345 e. The second-order valence-corrected chi connectivity index (χ2v) is 6.61. The monoisotopic (exact) mass is 402 g/mol. The molecule has 2 N–H and O–H groups in total. The quantitative estimate of drug-likeness (QED) is 0.649. The molecular weight excluding hydrogens is 388 g/mol. The van der Waals surface area contributed by atoms with Crippen LogP contribution in [-0.4, -0.2) is 20.7 Å². The normalized spacial score (nSPS) is 10.6. The predicted octanol–water partition coefficient (Wildman–Crippen LogP) is 3.93. The van der Waals surface area contributed by atoms with E-state index in [4.69, 9.17) is 12.2 Å². The van der Waals surface area contributed by atoms with E-state index in [1.54, 1.807) is 10.6 Å². The van der Waals surface area contributed by atoms with Crippen molar-refractivity contribution >= 4 is 34.1 Å². The van der Waals surface area contributed by atoms with Crippen LogP contribution in [0, 0.1) is 11.7 Å². The lowest BCUT2D eigenvalue weighted by Gasteiger charge is -2.08. The molecule has 5 nitrogen and oxygen atoms in total. The number of halogens is 1. The number of amides is 1. The number of carbonyl (C=O) groups is 1. The second kappa shape index (κ2) is 7.11. The Morgan fingerprint density at radius 3 is 2.75 bits per heavy atom. The zero-order valence-electron chi connectivity index (χ0n) is 12.9. The lowest BCUT2D eigenvalue weighted by Crippen LogP contribution is -2.24. The Balaban J connectivity index is 1.80. The lowest BCUT2D eigenvalue weighted by molar-refractivity contribution is 0.0949. The number of H-pyrrole nitrogens is 1. The molecule has 0 bridgehead atoms. The van der Waals surface area contributed by atoms with E-state index in [2.05, 4.69) is 31.4 Å². The van der Waals surface area contributed by atoms with Gasteiger partial charge < -0.3 is 5.32 Å². The highest BCUT2D eigenvalue weighted by atomic mass is 79.9. The molecule has 0 aliphatic heterocycles. The Morgan fingerprint density at radius 1 is 1.29 bits per heavy atom. The molecule has 0 unspecified atom stereocenters. The van der Waals surface area contributed by atoms with Gasteiger partial charge in [0.1, 0.15) is 0 Å². The van der Waals surface area contributed by atoms with Crippen LogP contribution in [0.25, 0.3) is 5.69 Å². The van der Waals surface area contributed by atoms with Gasteiger partial charge in [0.05, 0.1) is 6.54 Å². The number of nitrogens with zero attached hydrogens (tertiary/aromatic N) is 2. The Kier molecular flexibility index (Phi) is 4.92. The first-order valence-corrected chi connectivity index (χ1v) is 8.52. The molecule has 24 heavy (non-hydrogen) atoms. The number of aryl methyl sites for hydroxylation is 1. The molecule has 1 aromatic heterocycles. The molecule has 1 amide bonds. The molecule has 0 saturated carbocycles. The van der Waals surface area contributed by atoms with Gasteiger partial charge in [-0.05, 0) is 55.5 Å². The molecule has 0 saturated heterocycles. The summed E-state index contributed by atoms with van der Waals surface area (Å²) >= 11 is 8.71. The van der Waals surface area contributed by atoms with Crippen LogP contribution in [-0.2, 0) is 6.54 Å². The molecule has 0 spiro atoms. The van der Waals surface area contributed by atoms with Crippen molar-refractivity contribution in [3.05, 3.63) is 74.7 Å². The Bertz CT molecular complexity index is 930. The number of carbonyl (C=O) groups excluding carboxylic acids is 1. The number of hydrogen-bond acceptors (Lipinski definition) is 3. The van der Waals surface area contributed by atoms with Crippen molar-refractivity contribution in [1.82, 2.24) is 20.1 Å². The zero-order valence-corrected chi connectivity index (χ0v) is 15.3. The molecular formula is C17H15BrN4OS. The van der Waals surface area contributed by atoms with Crippen LogP contribution in [0.4, 0.5) is 0 Å². The van der Waals surface area contributed by atoms with Gasteiger partial charge in [0.15, 0.2) is 10.6 Å². The van der Waals surface area contributed by atoms with Gasteiger partial charge in [0.25, 0.3) is 5.91 Å². The molecule has 0 fully saturated rings. The summed E-state index contributed by atoms with van der Waals surface area (Å²) < 4.78 is 3.27. The van der Waals surface area contributed by atoms with E-state index >= 15 is 0 Å². The molecule has 0 aliphatic rings. The maximum Gasteiger partial charge on any atom is 0.251 e. The first-order chi connectivity index (χ1) is 11.5. The standard InChI is InChI=1S/C17H15BrN4OS/c1-11-3-2-4-12(9-11)16(23)19-10-15-20-21-17(24)22(15)14-7-5-13(18)6-8-14/h2-9H,10H2,1H3,(H,19,23)(H,21,24). The van der Waals surface area contributed by atoms with Crippen LogP contribution in [0.3, 0.4) is 0 Å². The summed E-state index contributed by atoms with van der Waals surface area (Å²) in [5.74, 6) is 0.498. The maximum atomic E-state index is 12.3. The van der Waals surface area contributed by atoms with Gasteiger partial charge >= 0.3 is 0 Å².